The molecule has 21 heavy (non-hydrogen) atoms. The molecule has 1 N–H and O–H groups in total. The van der Waals surface area contributed by atoms with E-state index in [1.54, 1.807) is 19.1 Å². The van der Waals surface area contributed by atoms with Crippen LogP contribution in [0.4, 0.5) is 5.69 Å². The first-order valence-electron chi connectivity index (χ1n) is 6.50. The molecule has 1 unspecified atom stereocenters. The Morgan fingerprint density at radius 3 is 2.24 bits per heavy atom. The number of rotatable bonds is 4. The molecule has 0 radical (unpaired) electrons. The van der Waals surface area contributed by atoms with Crippen molar-refractivity contribution >= 4 is 27.6 Å². The van der Waals surface area contributed by atoms with Gasteiger partial charge in [-0.05, 0) is 37.5 Å². The van der Waals surface area contributed by atoms with Gasteiger partial charge in [0, 0.05) is 0 Å². The number of carbonyl (C=O) groups is 2. The van der Waals surface area contributed by atoms with Crippen LogP contribution in [-0.4, -0.2) is 30.1 Å². The normalized spacial score (nSPS) is 20.7. The summed E-state index contributed by atoms with van der Waals surface area (Å²) in [6, 6.07) is 6.35. The van der Waals surface area contributed by atoms with Gasteiger partial charge in [0.2, 0.25) is 0 Å². The monoisotopic (exact) mass is 311 g/mol. The van der Waals surface area contributed by atoms with E-state index >= 15 is 0 Å². The Balaban J connectivity index is 2.25. The molecule has 2 rings (SSSR count). The molecule has 114 valence electrons. The van der Waals surface area contributed by atoms with Crippen molar-refractivity contribution in [2.45, 2.75) is 37.9 Å². The van der Waals surface area contributed by atoms with Crippen molar-refractivity contribution < 1.29 is 23.1 Å². The number of hydrogen-bond donors (Lipinski definition) is 1. The highest BCUT2D eigenvalue weighted by molar-refractivity contribution is 7.98. The number of hydrogen-bond acceptors (Lipinski definition) is 4. The zero-order valence-electron chi connectivity index (χ0n) is 12.0. The van der Waals surface area contributed by atoms with Crippen molar-refractivity contribution in [3.63, 3.8) is 0 Å². The topological polar surface area (TPSA) is 91.8 Å². The Morgan fingerprint density at radius 1 is 1.29 bits per heavy atom. The smallest absolute Gasteiger partial charge is 0.303 e. The van der Waals surface area contributed by atoms with Gasteiger partial charge in [0.25, 0.3) is 15.9 Å². The van der Waals surface area contributed by atoms with E-state index in [2.05, 4.69) is 0 Å². The minimum Gasteiger partial charge on any atom is -0.481 e. The second kappa shape index (κ2) is 4.84. The van der Waals surface area contributed by atoms with Crippen LogP contribution in [0.2, 0.25) is 0 Å². The van der Waals surface area contributed by atoms with E-state index in [9.17, 15) is 18.0 Å². The third kappa shape index (κ3) is 2.31. The van der Waals surface area contributed by atoms with Gasteiger partial charge in [0.1, 0.15) is 0 Å². The summed E-state index contributed by atoms with van der Waals surface area (Å²) < 4.78 is 23.6. The van der Waals surface area contributed by atoms with E-state index in [1.807, 2.05) is 0 Å². The molecule has 1 atom stereocenters. The fraction of sp³-hybridized carbons (Fsp3) is 0.429. The largest absolute Gasteiger partial charge is 0.481 e. The van der Waals surface area contributed by atoms with Crippen molar-refractivity contribution in [2.75, 3.05) is 4.31 Å². The van der Waals surface area contributed by atoms with Crippen LogP contribution < -0.4 is 4.31 Å². The number of sulfonamides is 1. The highest BCUT2D eigenvalue weighted by atomic mass is 32.2. The first-order chi connectivity index (χ1) is 9.59. The van der Waals surface area contributed by atoms with Gasteiger partial charge in [-0.25, -0.2) is 12.7 Å². The SMILES string of the molecule is CC(CC(=O)O)c1ccc(N2C(=O)C(C)(C)S2(=O)=O)cc1. The molecule has 1 aliphatic rings. The summed E-state index contributed by atoms with van der Waals surface area (Å²) in [5.41, 5.74) is 1.07. The van der Waals surface area contributed by atoms with Crippen molar-refractivity contribution in [2.24, 2.45) is 0 Å². The Hall–Kier alpha value is -1.89. The molecule has 6 nitrogen and oxygen atoms in total. The summed E-state index contributed by atoms with van der Waals surface area (Å²) in [4.78, 5) is 22.6. The quantitative estimate of drug-likeness (QED) is 0.914. The van der Waals surface area contributed by atoms with Gasteiger partial charge >= 0.3 is 5.97 Å². The average Bonchev–Trinajstić information content (AvgIpc) is 2.38. The van der Waals surface area contributed by atoms with Gasteiger partial charge in [0.15, 0.2) is 4.75 Å². The number of carbonyl (C=O) groups excluding carboxylic acids is 1. The highest BCUT2D eigenvalue weighted by Crippen LogP contribution is 2.39. The number of nitrogens with zero attached hydrogens (tertiary/aromatic N) is 1. The van der Waals surface area contributed by atoms with Crippen LogP contribution >= 0.6 is 0 Å². The molecule has 0 saturated carbocycles. The lowest BCUT2D eigenvalue weighted by atomic mass is 9.97. The number of aliphatic carboxylic acids is 1. The molecule has 1 heterocycles. The summed E-state index contributed by atoms with van der Waals surface area (Å²) in [5, 5.41) is 8.76. The Kier molecular flexibility index (Phi) is 3.57. The second-order valence-corrected chi connectivity index (χ2v) is 8.01. The third-order valence-corrected chi connectivity index (χ3v) is 6.08. The van der Waals surface area contributed by atoms with Crippen molar-refractivity contribution in [3.8, 4) is 0 Å². The lowest BCUT2D eigenvalue weighted by molar-refractivity contribution is -0.137. The minimum absolute atomic E-state index is 0.00663. The third-order valence-electron chi connectivity index (χ3n) is 3.76. The molecule has 1 aromatic rings. The molecule has 1 saturated heterocycles. The maximum absolute atomic E-state index is 12.1. The van der Waals surface area contributed by atoms with Crippen LogP contribution in [0.1, 0.15) is 38.7 Å². The van der Waals surface area contributed by atoms with Gasteiger partial charge in [-0.2, -0.15) is 0 Å². The molecule has 0 aromatic heterocycles. The van der Waals surface area contributed by atoms with E-state index in [4.69, 9.17) is 5.11 Å². The molecule has 0 spiro atoms. The van der Waals surface area contributed by atoms with Gasteiger partial charge in [0.05, 0.1) is 12.1 Å². The van der Waals surface area contributed by atoms with Gasteiger partial charge in [-0.15, -0.1) is 0 Å². The Morgan fingerprint density at radius 2 is 1.81 bits per heavy atom. The number of amides is 1. The number of carboxylic acids is 1. The fourth-order valence-electron chi connectivity index (χ4n) is 2.23. The maximum Gasteiger partial charge on any atom is 0.303 e. The lowest BCUT2D eigenvalue weighted by Gasteiger charge is -2.42. The average molecular weight is 311 g/mol. The van der Waals surface area contributed by atoms with Crippen LogP contribution in [0.25, 0.3) is 0 Å². The molecule has 7 heteroatoms. The van der Waals surface area contributed by atoms with Crippen LogP contribution in [0.3, 0.4) is 0 Å². The second-order valence-electron chi connectivity index (χ2n) is 5.68. The van der Waals surface area contributed by atoms with E-state index < -0.39 is 26.6 Å². The number of anilines is 1. The predicted molar refractivity (Wildman–Crippen MR) is 77.6 cm³/mol. The van der Waals surface area contributed by atoms with Crippen molar-refractivity contribution in [1.29, 1.82) is 0 Å². The summed E-state index contributed by atoms with van der Waals surface area (Å²) in [6.07, 6.45) is -0.00663. The van der Waals surface area contributed by atoms with Gasteiger partial charge < -0.3 is 5.11 Å². The first-order valence-corrected chi connectivity index (χ1v) is 7.94. The van der Waals surface area contributed by atoms with Crippen LogP contribution in [0.5, 0.6) is 0 Å². The van der Waals surface area contributed by atoms with E-state index in [-0.39, 0.29) is 18.0 Å². The highest BCUT2D eigenvalue weighted by Gasteiger charge is 2.60. The maximum atomic E-state index is 12.1. The molecule has 1 aromatic carbocycles. The molecule has 0 aliphatic carbocycles. The molecule has 0 bridgehead atoms. The van der Waals surface area contributed by atoms with E-state index in [0.29, 0.717) is 0 Å². The van der Waals surface area contributed by atoms with Crippen molar-refractivity contribution in [1.82, 2.24) is 0 Å². The zero-order valence-corrected chi connectivity index (χ0v) is 12.8. The fourth-order valence-corrected chi connectivity index (χ4v) is 3.71. The molecular weight excluding hydrogens is 294 g/mol. The molecule has 1 amide bonds. The summed E-state index contributed by atoms with van der Waals surface area (Å²) in [5.74, 6) is -1.54. The molecule has 1 fully saturated rings. The van der Waals surface area contributed by atoms with E-state index in [0.717, 1.165) is 9.87 Å². The summed E-state index contributed by atoms with van der Waals surface area (Å²) >= 11 is 0. The lowest BCUT2D eigenvalue weighted by Crippen LogP contribution is -2.67. The number of benzene rings is 1. The Labute approximate surface area is 123 Å². The van der Waals surface area contributed by atoms with Gasteiger partial charge in [-0.3, -0.25) is 9.59 Å². The van der Waals surface area contributed by atoms with Crippen LogP contribution in [-0.2, 0) is 19.6 Å². The van der Waals surface area contributed by atoms with Gasteiger partial charge in [-0.1, -0.05) is 19.1 Å². The van der Waals surface area contributed by atoms with Crippen LogP contribution in [0, 0.1) is 0 Å². The van der Waals surface area contributed by atoms with E-state index in [1.165, 1.54) is 26.0 Å². The summed E-state index contributed by atoms with van der Waals surface area (Å²) in [7, 11) is -3.67. The standard InChI is InChI=1S/C14H17NO5S/c1-9(8-12(16)17)10-4-6-11(7-5-10)15-13(18)14(2,3)21(15,19)20/h4-7,9H,8H2,1-3H3,(H,16,17). The zero-order chi connectivity index (χ0) is 16.0. The first kappa shape index (κ1) is 15.5. The number of carboxylic acid groups (broad SMARTS) is 1. The summed E-state index contributed by atoms with van der Waals surface area (Å²) in [6.45, 7) is 4.53. The molecular formula is C14H17NO5S. The minimum atomic E-state index is -3.67. The predicted octanol–water partition coefficient (Wildman–Crippen LogP) is 1.72. The van der Waals surface area contributed by atoms with Crippen molar-refractivity contribution in [3.05, 3.63) is 29.8 Å². The van der Waals surface area contributed by atoms with Crippen LogP contribution in [0.15, 0.2) is 24.3 Å². The Bertz CT molecular complexity index is 691. The molecule has 1 aliphatic heterocycles.